The number of nitrogens with two attached hydrogens (primary N) is 1. The minimum absolute atomic E-state index is 0. The van der Waals surface area contributed by atoms with Gasteiger partial charge in [0.25, 0.3) is 0 Å². The number of hydrogen-bond donors (Lipinski definition) is 4. The van der Waals surface area contributed by atoms with Crippen molar-refractivity contribution in [1.29, 1.82) is 0 Å². The van der Waals surface area contributed by atoms with Gasteiger partial charge in [-0.05, 0) is 0 Å². The van der Waals surface area contributed by atoms with E-state index in [9.17, 15) is 9.59 Å². The Balaban J connectivity index is 0. The molecule has 0 heterocycles. The minimum Gasteiger partial charge on any atom is -0.480 e. The quantitative estimate of drug-likeness (QED) is 0.429. The maximum atomic E-state index is 10.0. The van der Waals surface area contributed by atoms with Gasteiger partial charge in [-0.3, -0.25) is 9.59 Å². The normalized spacial score (nSPS) is 11.3. The Bertz CT molecular complexity index is 138. The molecule has 7 N–H and O–H groups in total. The van der Waals surface area contributed by atoms with E-state index in [1.165, 1.54) is 0 Å². The lowest BCUT2D eigenvalue weighted by atomic mass is 10.3. The Labute approximate surface area is 63.6 Å². The summed E-state index contributed by atoms with van der Waals surface area (Å²) in [5.74, 6) is -1.78. The molecule has 0 aliphatic heterocycles. The second-order valence-electron chi connectivity index (χ2n) is 1.52. The lowest BCUT2D eigenvalue weighted by molar-refractivity contribution is -0.137. The highest BCUT2D eigenvalue weighted by Crippen LogP contribution is 1.98. The van der Waals surface area contributed by atoms with Crippen LogP contribution in [0.3, 0.4) is 0 Å². The average Bonchev–Trinajstić information content (AvgIpc) is 1.63. The smallest absolute Gasteiger partial charge is 0.316 e. The molecule has 0 aromatic heterocycles. The molecule has 0 saturated carbocycles. The largest absolute Gasteiger partial charge is 0.480 e. The van der Waals surface area contributed by atoms with Crippen LogP contribution in [0.2, 0.25) is 0 Å². The molecule has 6 heteroatoms. The fourth-order valence-electron chi connectivity index (χ4n) is 0.278. The molecule has 0 rings (SSSR count). The predicted octanol–water partition coefficient (Wildman–Crippen LogP) is -0.379. The zero-order valence-electron chi connectivity index (χ0n) is 5.57. The molecular formula is C4H11N2O3S+. The topological polar surface area (TPSA) is 117 Å². The molecule has 0 aliphatic rings. The molecule has 0 radical (unpaired) electrons. The lowest BCUT2D eigenvalue weighted by Crippen LogP contribution is -2.22. The summed E-state index contributed by atoms with van der Waals surface area (Å²) in [5.41, 5.74) is 4.68. The average molecular weight is 167 g/mol. The van der Waals surface area contributed by atoms with Gasteiger partial charge in [0.2, 0.25) is 5.91 Å². The van der Waals surface area contributed by atoms with Gasteiger partial charge in [-0.2, -0.15) is 12.6 Å². The van der Waals surface area contributed by atoms with Crippen LogP contribution < -0.4 is 11.9 Å². The molecule has 0 aliphatic carbocycles. The summed E-state index contributed by atoms with van der Waals surface area (Å²) in [7, 11) is 0. The van der Waals surface area contributed by atoms with Crippen molar-refractivity contribution in [1.82, 2.24) is 6.15 Å². The van der Waals surface area contributed by atoms with Crippen LogP contribution in [0.5, 0.6) is 0 Å². The molecule has 0 spiro atoms. The van der Waals surface area contributed by atoms with Gasteiger partial charge in [-0.15, -0.1) is 0 Å². The van der Waals surface area contributed by atoms with Crippen LogP contribution in [0.4, 0.5) is 0 Å². The van der Waals surface area contributed by atoms with Crippen LogP contribution >= 0.6 is 12.6 Å². The molecule has 1 amide bonds. The van der Waals surface area contributed by atoms with Crippen molar-refractivity contribution in [2.24, 2.45) is 5.73 Å². The molecule has 0 aromatic carbocycles. The second kappa shape index (κ2) is 5.07. The van der Waals surface area contributed by atoms with E-state index in [0.29, 0.717) is 0 Å². The van der Waals surface area contributed by atoms with Crippen LogP contribution in [0.15, 0.2) is 0 Å². The Morgan fingerprint density at radius 1 is 1.60 bits per heavy atom. The van der Waals surface area contributed by atoms with Crippen molar-refractivity contribution >= 4 is 24.5 Å². The first-order valence-corrected chi connectivity index (χ1v) is 2.75. The van der Waals surface area contributed by atoms with E-state index < -0.39 is 17.1 Å². The summed E-state index contributed by atoms with van der Waals surface area (Å²) in [5, 5.41) is 7.18. The molecule has 1 atom stereocenters. The maximum absolute atomic E-state index is 10.0. The molecule has 0 aromatic rings. The van der Waals surface area contributed by atoms with Crippen molar-refractivity contribution in [2.45, 2.75) is 11.7 Å². The predicted molar refractivity (Wildman–Crippen MR) is 40.2 cm³/mol. The highest BCUT2D eigenvalue weighted by molar-refractivity contribution is 7.81. The third kappa shape index (κ3) is 5.39. The van der Waals surface area contributed by atoms with Gasteiger partial charge in [0.1, 0.15) is 5.25 Å². The van der Waals surface area contributed by atoms with E-state index in [1.54, 1.807) is 0 Å². The molecule has 0 bridgehead atoms. The van der Waals surface area contributed by atoms with E-state index in [-0.39, 0.29) is 12.6 Å². The van der Waals surface area contributed by atoms with Gasteiger partial charge < -0.3 is 17.0 Å². The Morgan fingerprint density at radius 2 is 2.00 bits per heavy atom. The van der Waals surface area contributed by atoms with Crippen molar-refractivity contribution in [2.75, 3.05) is 0 Å². The van der Waals surface area contributed by atoms with Crippen LogP contribution in [0.1, 0.15) is 6.42 Å². The van der Waals surface area contributed by atoms with Crippen LogP contribution in [0.25, 0.3) is 0 Å². The number of quaternary nitrogens is 1. The maximum Gasteiger partial charge on any atom is 0.316 e. The molecule has 0 fully saturated rings. The van der Waals surface area contributed by atoms with Gasteiger partial charge in [0.05, 0.1) is 0 Å². The van der Waals surface area contributed by atoms with Gasteiger partial charge >= 0.3 is 5.97 Å². The molecular weight excluding hydrogens is 156 g/mol. The number of carboxylic acids is 1. The summed E-state index contributed by atoms with van der Waals surface area (Å²) in [6.45, 7) is 0. The number of hydrogen-bond acceptors (Lipinski definition) is 3. The number of carbonyl (C=O) groups is 2. The Morgan fingerprint density at radius 3 is 2.10 bits per heavy atom. The first kappa shape index (κ1) is 12.0. The van der Waals surface area contributed by atoms with Crippen LogP contribution in [-0.4, -0.2) is 22.2 Å². The summed E-state index contributed by atoms with van der Waals surface area (Å²) < 4.78 is 0. The van der Waals surface area contributed by atoms with E-state index in [4.69, 9.17) is 5.11 Å². The summed E-state index contributed by atoms with van der Waals surface area (Å²) >= 11 is 3.56. The SMILES string of the molecule is NC(=O)C[C@@H](S)C(=O)O.[NH4+]. The number of primary amides is 1. The zero-order chi connectivity index (χ0) is 7.44. The first-order valence-electron chi connectivity index (χ1n) is 2.23. The van der Waals surface area contributed by atoms with Gasteiger partial charge in [-0.25, -0.2) is 0 Å². The number of thiol groups is 1. The van der Waals surface area contributed by atoms with Crippen molar-refractivity contribution in [3.05, 3.63) is 0 Å². The number of amides is 1. The van der Waals surface area contributed by atoms with Crippen molar-refractivity contribution in [3.63, 3.8) is 0 Å². The number of carbonyl (C=O) groups excluding carboxylic acids is 1. The van der Waals surface area contributed by atoms with Crippen molar-refractivity contribution in [3.8, 4) is 0 Å². The van der Waals surface area contributed by atoms with E-state index in [0.717, 1.165) is 0 Å². The van der Waals surface area contributed by atoms with Crippen LogP contribution in [0, 0.1) is 0 Å². The fraction of sp³-hybridized carbons (Fsp3) is 0.500. The molecule has 0 saturated heterocycles. The zero-order valence-corrected chi connectivity index (χ0v) is 6.47. The third-order valence-corrected chi connectivity index (χ3v) is 1.08. The summed E-state index contributed by atoms with van der Waals surface area (Å²) in [4.78, 5) is 20.0. The standard InChI is InChI=1S/C4H7NO3S.H3N/c5-3(6)1-2(9)4(7)8;/h2,9H,1H2,(H2,5,6)(H,7,8);1H3/p+1/t2-;/m1./s1. The fourth-order valence-corrected chi connectivity index (χ4v) is 0.458. The molecule has 10 heavy (non-hydrogen) atoms. The first-order chi connectivity index (χ1) is 4.04. The van der Waals surface area contributed by atoms with E-state index >= 15 is 0 Å². The second-order valence-corrected chi connectivity index (χ2v) is 2.15. The number of rotatable bonds is 3. The van der Waals surface area contributed by atoms with E-state index in [2.05, 4.69) is 18.4 Å². The van der Waals surface area contributed by atoms with E-state index in [1.807, 2.05) is 0 Å². The van der Waals surface area contributed by atoms with Gasteiger partial charge in [0.15, 0.2) is 0 Å². The summed E-state index contributed by atoms with van der Waals surface area (Å²) in [6.07, 6.45) is -0.224. The summed E-state index contributed by atoms with van der Waals surface area (Å²) in [6, 6.07) is 0. The van der Waals surface area contributed by atoms with Gasteiger partial charge in [-0.1, -0.05) is 0 Å². The Hall–Kier alpha value is -0.750. The third-order valence-electron chi connectivity index (χ3n) is 0.680. The Kier molecular flexibility index (Phi) is 6.07. The minimum atomic E-state index is -1.13. The molecule has 60 valence electrons. The molecule has 0 unspecified atom stereocenters. The molecule has 5 nitrogen and oxygen atoms in total. The number of aliphatic carboxylic acids is 1. The highest BCUT2D eigenvalue weighted by atomic mass is 32.1. The van der Waals surface area contributed by atoms with Gasteiger partial charge in [0, 0.05) is 6.42 Å². The number of carboxylic acid groups (broad SMARTS) is 1. The highest BCUT2D eigenvalue weighted by Gasteiger charge is 2.13. The monoisotopic (exact) mass is 167 g/mol. The van der Waals surface area contributed by atoms with Crippen LogP contribution in [-0.2, 0) is 9.59 Å². The van der Waals surface area contributed by atoms with Crippen molar-refractivity contribution < 1.29 is 14.7 Å². The lowest BCUT2D eigenvalue weighted by Gasteiger charge is -1.98.